The van der Waals surface area contributed by atoms with Crippen LogP contribution in [0.4, 0.5) is 5.95 Å². The highest BCUT2D eigenvalue weighted by Gasteiger charge is 2.60. The third-order valence-electron chi connectivity index (χ3n) is 6.87. The predicted octanol–water partition coefficient (Wildman–Crippen LogP) is 3.49. The molecule has 2 aromatic heterocycles. The lowest BCUT2D eigenvalue weighted by molar-refractivity contribution is -0.202. The molecular formula is C20H31ClN4O4Si. The van der Waals surface area contributed by atoms with Crippen molar-refractivity contribution in [1.29, 1.82) is 0 Å². The molecule has 3 N–H and O–H groups in total. The van der Waals surface area contributed by atoms with Crippen molar-refractivity contribution in [3.05, 3.63) is 17.4 Å². The summed E-state index contributed by atoms with van der Waals surface area (Å²) in [7, 11) is -2.15. The minimum atomic E-state index is -2.15. The fourth-order valence-corrected chi connectivity index (χ4v) is 6.37. The maximum absolute atomic E-state index is 11.5. The van der Waals surface area contributed by atoms with Gasteiger partial charge in [0.2, 0.25) is 5.95 Å². The van der Waals surface area contributed by atoms with Crippen LogP contribution in [0.15, 0.2) is 12.3 Å². The number of aliphatic hydroxyl groups excluding tert-OH is 1. The average Bonchev–Trinajstić information content (AvgIpc) is 3.23. The SMILES string of the molecule is CC1(C)O[C@@H]2[C@@H](C(O)[Si](C)(C)C(C)(C)C)OC(n3ccc4c(Cl)nc(N)nc43)[C@@H]2O1. The van der Waals surface area contributed by atoms with E-state index in [4.69, 9.17) is 31.5 Å². The Kier molecular flexibility index (Phi) is 5.04. The second-order valence-electron chi connectivity index (χ2n) is 10.3. The number of nitrogens with two attached hydrogens (primary N) is 1. The van der Waals surface area contributed by atoms with Crippen molar-refractivity contribution in [1.82, 2.24) is 14.5 Å². The van der Waals surface area contributed by atoms with E-state index in [0.717, 1.165) is 0 Å². The van der Waals surface area contributed by atoms with E-state index in [-0.39, 0.29) is 16.1 Å². The number of anilines is 1. The van der Waals surface area contributed by atoms with Crippen LogP contribution >= 0.6 is 11.6 Å². The molecule has 8 nitrogen and oxygen atoms in total. The molecule has 166 valence electrons. The third-order valence-corrected chi connectivity index (χ3v) is 12.8. The minimum Gasteiger partial charge on any atom is -0.394 e. The average molecular weight is 455 g/mol. The zero-order valence-corrected chi connectivity index (χ0v) is 20.3. The Balaban J connectivity index is 1.76. The van der Waals surface area contributed by atoms with E-state index >= 15 is 0 Å². The molecule has 5 atom stereocenters. The molecule has 0 radical (unpaired) electrons. The van der Waals surface area contributed by atoms with Crippen molar-refractivity contribution < 1.29 is 19.3 Å². The molecule has 0 amide bonds. The number of halogens is 1. The zero-order valence-electron chi connectivity index (χ0n) is 18.5. The molecule has 4 heterocycles. The monoisotopic (exact) mass is 454 g/mol. The summed E-state index contributed by atoms with van der Waals surface area (Å²) in [5, 5.41) is 12.4. The summed E-state index contributed by atoms with van der Waals surface area (Å²) in [6, 6.07) is 1.83. The van der Waals surface area contributed by atoms with E-state index in [1.165, 1.54) is 0 Å². The molecule has 2 aromatic rings. The minimum absolute atomic E-state index is 0.0202. The number of nitrogens with zero attached hydrogens (tertiary/aromatic N) is 3. The predicted molar refractivity (Wildman–Crippen MR) is 118 cm³/mol. The maximum Gasteiger partial charge on any atom is 0.223 e. The first-order valence-corrected chi connectivity index (χ1v) is 13.7. The van der Waals surface area contributed by atoms with E-state index in [1.807, 2.05) is 30.7 Å². The largest absolute Gasteiger partial charge is 0.394 e. The Morgan fingerprint density at radius 1 is 1.23 bits per heavy atom. The number of aliphatic hydroxyl groups is 1. The van der Waals surface area contributed by atoms with Crippen molar-refractivity contribution in [3.63, 3.8) is 0 Å². The second-order valence-corrected chi connectivity index (χ2v) is 16.2. The summed E-state index contributed by atoms with van der Waals surface area (Å²) >= 11 is 6.25. The maximum atomic E-state index is 11.5. The lowest BCUT2D eigenvalue weighted by atomic mass is 10.1. The zero-order chi connectivity index (χ0) is 22.2. The second kappa shape index (κ2) is 6.88. The molecule has 0 aliphatic carbocycles. The number of hydrogen-bond donors (Lipinski definition) is 2. The molecule has 0 aromatic carbocycles. The van der Waals surface area contributed by atoms with Crippen molar-refractivity contribution >= 4 is 36.7 Å². The third kappa shape index (κ3) is 3.36. The molecule has 0 saturated carbocycles. The van der Waals surface area contributed by atoms with E-state index in [0.29, 0.717) is 11.0 Å². The fourth-order valence-electron chi connectivity index (χ4n) is 4.16. The number of rotatable bonds is 3. The van der Waals surface area contributed by atoms with Crippen LogP contribution in [0.1, 0.15) is 40.8 Å². The molecule has 0 bridgehead atoms. The van der Waals surface area contributed by atoms with Gasteiger partial charge in [-0.05, 0) is 25.0 Å². The smallest absolute Gasteiger partial charge is 0.223 e. The molecule has 2 saturated heterocycles. The number of aromatic nitrogens is 3. The van der Waals surface area contributed by atoms with Crippen LogP contribution in [-0.4, -0.2) is 57.5 Å². The summed E-state index contributed by atoms with van der Waals surface area (Å²) in [4.78, 5) is 8.39. The lowest BCUT2D eigenvalue weighted by Gasteiger charge is -2.43. The standard InChI is InChI=1S/C20H31ClN4O4Si/c1-19(2,3)30(6,7)17(26)13-11-12(29-20(4,5)28-11)16(27-13)25-9-8-10-14(21)23-18(22)24-15(10)25/h8-9,11-13,16-17,26H,1-7H3,(H2,22,23,24)/t11-,12+,13-,16?,17?/m0/s1. The molecule has 2 fully saturated rings. The highest BCUT2D eigenvalue weighted by atomic mass is 35.5. The summed E-state index contributed by atoms with van der Waals surface area (Å²) in [5.74, 6) is -0.694. The van der Waals surface area contributed by atoms with Crippen molar-refractivity contribution in [3.8, 4) is 0 Å². The first kappa shape index (κ1) is 22.0. The van der Waals surface area contributed by atoms with Gasteiger partial charge in [0.05, 0.1) is 19.2 Å². The van der Waals surface area contributed by atoms with Crippen molar-refractivity contribution in [2.24, 2.45) is 0 Å². The van der Waals surface area contributed by atoms with E-state index in [2.05, 4.69) is 43.8 Å². The van der Waals surface area contributed by atoms with Gasteiger partial charge in [-0.15, -0.1) is 0 Å². The summed E-state index contributed by atoms with van der Waals surface area (Å²) < 4.78 is 20.7. The lowest BCUT2D eigenvalue weighted by Crippen LogP contribution is -2.57. The molecule has 2 aliphatic rings. The van der Waals surface area contributed by atoms with Gasteiger partial charge < -0.3 is 29.6 Å². The van der Waals surface area contributed by atoms with Crippen LogP contribution in [0.25, 0.3) is 11.0 Å². The molecule has 2 unspecified atom stereocenters. The normalized spacial score (nSPS) is 30.0. The van der Waals surface area contributed by atoms with Crippen molar-refractivity contribution in [2.45, 2.75) is 88.8 Å². The topological polar surface area (TPSA) is 105 Å². The molecule has 2 aliphatic heterocycles. The summed E-state index contributed by atoms with van der Waals surface area (Å²) in [6.07, 6.45) is -0.0302. The van der Waals surface area contributed by atoms with Gasteiger partial charge in [-0.2, -0.15) is 4.98 Å². The van der Waals surface area contributed by atoms with Crippen LogP contribution in [0, 0.1) is 0 Å². The first-order chi connectivity index (χ1) is 13.7. The number of fused-ring (bicyclic) bond motifs is 2. The quantitative estimate of drug-likeness (QED) is 0.540. The summed E-state index contributed by atoms with van der Waals surface area (Å²) in [5.41, 5.74) is 5.75. The van der Waals surface area contributed by atoms with Crippen LogP contribution in [-0.2, 0) is 14.2 Å². The van der Waals surface area contributed by atoms with Gasteiger partial charge in [0.1, 0.15) is 29.1 Å². The molecule has 0 spiro atoms. The Morgan fingerprint density at radius 3 is 2.50 bits per heavy atom. The van der Waals surface area contributed by atoms with Gasteiger partial charge in [0.25, 0.3) is 0 Å². The summed E-state index contributed by atoms with van der Waals surface area (Å²) in [6.45, 7) is 14.6. The Bertz CT molecular complexity index is 974. The van der Waals surface area contributed by atoms with E-state index in [1.54, 1.807) is 0 Å². The Morgan fingerprint density at radius 2 is 1.87 bits per heavy atom. The number of hydrogen-bond acceptors (Lipinski definition) is 7. The Labute approximate surface area is 182 Å². The van der Waals surface area contributed by atoms with Crippen LogP contribution in [0.3, 0.4) is 0 Å². The van der Waals surface area contributed by atoms with E-state index in [9.17, 15) is 5.11 Å². The first-order valence-electron chi connectivity index (χ1n) is 10.2. The number of ether oxygens (including phenoxy) is 3. The van der Waals surface area contributed by atoms with Gasteiger partial charge in [0, 0.05) is 6.20 Å². The fraction of sp³-hybridized carbons (Fsp3) is 0.700. The van der Waals surface area contributed by atoms with Crippen LogP contribution in [0.2, 0.25) is 23.3 Å². The van der Waals surface area contributed by atoms with Gasteiger partial charge in [-0.25, -0.2) is 4.98 Å². The molecular weight excluding hydrogens is 424 g/mol. The highest BCUT2D eigenvalue weighted by molar-refractivity contribution is 6.81. The molecule has 30 heavy (non-hydrogen) atoms. The van der Waals surface area contributed by atoms with Gasteiger partial charge >= 0.3 is 0 Å². The molecule has 10 heteroatoms. The van der Waals surface area contributed by atoms with E-state index < -0.39 is 44.1 Å². The van der Waals surface area contributed by atoms with Crippen molar-refractivity contribution in [2.75, 3.05) is 5.73 Å². The molecule has 4 rings (SSSR count). The van der Waals surface area contributed by atoms with Gasteiger partial charge in [-0.3, -0.25) is 0 Å². The van der Waals surface area contributed by atoms with Gasteiger partial charge in [0.15, 0.2) is 12.0 Å². The number of nitrogen functional groups attached to an aromatic ring is 1. The van der Waals surface area contributed by atoms with Crippen LogP contribution < -0.4 is 5.73 Å². The van der Waals surface area contributed by atoms with Gasteiger partial charge in [-0.1, -0.05) is 45.5 Å². The Hall–Kier alpha value is -1.23. The van der Waals surface area contributed by atoms with Crippen LogP contribution in [0.5, 0.6) is 0 Å². The highest BCUT2D eigenvalue weighted by Crippen LogP contribution is 2.48.